The van der Waals surface area contributed by atoms with Gasteiger partial charge in [0.05, 0.1) is 5.60 Å². The number of nitrogens with one attached hydrogen (secondary N) is 1. The van der Waals surface area contributed by atoms with Gasteiger partial charge < -0.3 is 14.8 Å². The molecule has 1 unspecified atom stereocenters. The first-order chi connectivity index (χ1) is 8.52. The summed E-state index contributed by atoms with van der Waals surface area (Å²) in [6.45, 7) is 13.0. The van der Waals surface area contributed by atoms with Crippen molar-refractivity contribution in [3.63, 3.8) is 0 Å². The van der Waals surface area contributed by atoms with Gasteiger partial charge in [0, 0.05) is 18.0 Å². The van der Waals surface area contributed by atoms with E-state index in [-0.39, 0.29) is 11.7 Å². The van der Waals surface area contributed by atoms with E-state index in [1.165, 1.54) is 0 Å². The minimum absolute atomic E-state index is 0.239. The first-order valence-electron chi connectivity index (χ1n) is 6.77. The molecule has 114 valence electrons. The van der Waals surface area contributed by atoms with Gasteiger partial charge in [-0.05, 0) is 47.5 Å². The number of ether oxygens (including phenoxy) is 2. The van der Waals surface area contributed by atoms with Gasteiger partial charge >= 0.3 is 6.09 Å². The molecule has 0 aromatic carbocycles. The van der Waals surface area contributed by atoms with Gasteiger partial charge in [-0.2, -0.15) is 0 Å². The standard InChI is InChI=1S/C14H28BrNO3/c1-11(15)7-10-18-14(5,6)8-9-16-12(17)19-13(2,3)4/h11H,7-10H2,1-6H3,(H,16,17). The lowest BCUT2D eigenvalue weighted by atomic mass is 10.1. The van der Waals surface area contributed by atoms with Crippen molar-refractivity contribution in [2.75, 3.05) is 13.2 Å². The summed E-state index contributed by atoms with van der Waals surface area (Å²) in [7, 11) is 0. The second kappa shape index (κ2) is 8.10. The Morgan fingerprint density at radius 2 is 1.84 bits per heavy atom. The number of carbonyl (C=O) groups excluding carboxylic acids is 1. The molecule has 0 saturated heterocycles. The quantitative estimate of drug-likeness (QED) is 0.717. The number of alkyl carbamates (subject to hydrolysis) is 1. The molecule has 0 rings (SSSR count). The first-order valence-corrected chi connectivity index (χ1v) is 7.68. The fourth-order valence-electron chi connectivity index (χ4n) is 1.35. The van der Waals surface area contributed by atoms with Crippen molar-refractivity contribution in [1.82, 2.24) is 5.32 Å². The average molecular weight is 338 g/mol. The number of alkyl halides is 1. The molecule has 0 aliphatic carbocycles. The van der Waals surface area contributed by atoms with Gasteiger partial charge in [-0.3, -0.25) is 0 Å². The Balaban J connectivity index is 3.82. The predicted octanol–water partition coefficient (Wildman–Crippen LogP) is 3.87. The summed E-state index contributed by atoms with van der Waals surface area (Å²) < 4.78 is 11.0. The summed E-state index contributed by atoms with van der Waals surface area (Å²) in [5, 5.41) is 2.74. The highest BCUT2D eigenvalue weighted by Crippen LogP contribution is 2.15. The molecule has 0 aromatic heterocycles. The lowest BCUT2D eigenvalue weighted by molar-refractivity contribution is -0.0239. The predicted molar refractivity (Wildman–Crippen MR) is 81.9 cm³/mol. The maximum Gasteiger partial charge on any atom is 0.407 e. The van der Waals surface area contributed by atoms with Gasteiger partial charge in [0.15, 0.2) is 0 Å². The maximum absolute atomic E-state index is 11.5. The molecule has 1 N–H and O–H groups in total. The number of halogens is 1. The van der Waals surface area contributed by atoms with Crippen LogP contribution < -0.4 is 5.32 Å². The normalized spacial score (nSPS) is 14.1. The van der Waals surface area contributed by atoms with Crippen LogP contribution in [0, 0.1) is 0 Å². The van der Waals surface area contributed by atoms with Crippen LogP contribution in [-0.4, -0.2) is 35.3 Å². The van der Waals surface area contributed by atoms with E-state index < -0.39 is 5.60 Å². The number of hydrogen-bond acceptors (Lipinski definition) is 3. The lowest BCUT2D eigenvalue weighted by Gasteiger charge is -2.26. The molecule has 0 aliphatic rings. The van der Waals surface area contributed by atoms with Crippen LogP contribution in [0.5, 0.6) is 0 Å². The third kappa shape index (κ3) is 12.5. The zero-order chi connectivity index (χ0) is 15.1. The van der Waals surface area contributed by atoms with E-state index in [1.807, 2.05) is 34.6 Å². The van der Waals surface area contributed by atoms with Gasteiger partial charge in [-0.15, -0.1) is 0 Å². The summed E-state index contributed by atoms with van der Waals surface area (Å²) in [4.78, 5) is 11.9. The average Bonchev–Trinajstić information content (AvgIpc) is 2.12. The van der Waals surface area contributed by atoms with E-state index in [9.17, 15) is 4.79 Å². The number of carbonyl (C=O) groups is 1. The minimum Gasteiger partial charge on any atom is -0.444 e. The van der Waals surface area contributed by atoms with Crippen LogP contribution in [0.2, 0.25) is 0 Å². The monoisotopic (exact) mass is 337 g/mol. The molecule has 0 heterocycles. The summed E-state index contributed by atoms with van der Waals surface area (Å²) >= 11 is 3.49. The van der Waals surface area contributed by atoms with E-state index in [1.54, 1.807) is 0 Å². The van der Waals surface area contributed by atoms with Crippen LogP contribution in [0.3, 0.4) is 0 Å². The fourth-order valence-corrected chi connectivity index (χ4v) is 1.54. The highest BCUT2D eigenvalue weighted by atomic mass is 79.9. The van der Waals surface area contributed by atoms with E-state index in [2.05, 4.69) is 28.2 Å². The molecule has 0 spiro atoms. The zero-order valence-corrected chi connectivity index (χ0v) is 14.6. The summed E-state index contributed by atoms with van der Waals surface area (Å²) in [5.41, 5.74) is -0.695. The molecule has 0 aromatic rings. The highest BCUT2D eigenvalue weighted by molar-refractivity contribution is 9.09. The molecule has 0 aliphatic heterocycles. The van der Waals surface area contributed by atoms with Crippen molar-refractivity contribution in [3.05, 3.63) is 0 Å². The summed E-state index contributed by atoms with van der Waals surface area (Å²) in [6, 6.07) is 0. The van der Waals surface area contributed by atoms with Crippen LogP contribution in [0.1, 0.15) is 54.4 Å². The van der Waals surface area contributed by atoms with Crippen molar-refractivity contribution in [2.45, 2.75) is 70.4 Å². The van der Waals surface area contributed by atoms with Crippen molar-refractivity contribution in [2.24, 2.45) is 0 Å². The molecule has 0 saturated carbocycles. The molecule has 0 fully saturated rings. The maximum atomic E-state index is 11.5. The summed E-state index contributed by atoms with van der Waals surface area (Å²) in [6.07, 6.45) is 1.35. The van der Waals surface area contributed by atoms with Crippen molar-refractivity contribution in [1.29, 1.82) is 0 Å². The second-order valence-corrected chi connectivity index (χ2v) is 7.92. The molecule has 1 atom stereocenters. The third-order valence-corrected chi connectivity index (χ3v) is 2.86. The number of amides is 1. The Morgan fingerprint density at radius 1 is 1.26 bits per heavy atom. The van der Waals surface area contributed by atoms with Gasteiger partial charge in [0.1, 0.15) is 5.60 Å². The van der Waals surface area contributed by atoms with Crippen molar-refractivity contribution < 1.29 is 14.3 Å². The van der Waals surface area contributed by atoms with Gasteiger partial charge in [-0.25, -0.2) is 4.79 Å². The largest absolute Gasteiger partial charge is 0.444 e. The highest BCUT2D eigenvalue weighted by Gasteiger charge is 2.20. The molecule has 4 nitrogen and oxygen atoms in total. The van der Waals surface area contributed by atoms with E-state index in [4.69, 9.17) is 9.47 Å². The lowest BCUT2D eigenvalue weighted by Crippen LogP contribution is -2.36. The van der Waals surface area contributed by atoms with Crippen molar-refractivity contribution in [3.8, 4) is 0 Å². The second-order valence-electron chi connectivity index (χ2n) is 6.36. The molecule has 19 heavy (non-hydrogen) atoms. The van der Waals surface area contributed by atoms with Gasteiger partial charge in [0.2, 0.25) is 0 Å². The van der Waals surface area contributed by atoms with Crippen LogP contribution in [-0.2, 0) is 9.47 Å². The Kier molecular flexibility index (Phi) is 7.98. The fraction of sp³-hybridized carbons (Fsp3) is 0.929. The Morgan fingerprint density at radius 3 is 2.32 bits per heavy atom. The Hall–Kier alpha value is -0.290. The Labute approximate surface area is 125 Å². The molecular formula is C14H28BrNO3. The Bertz CT molecular complexity index is 272. The molecule has 5 heteroatoms. The zero-order valence-electron chi connectivity index (χ0n) is 13.0. The molecular weight excluding hydrogens is 310 g/mol. The van der Waals surface area contributed by atoms with E-state index in [0.717, 1.165) is 12.8 Å². The van der Waals surface area contributed by atoms with E-state index >= 15 is 0 Å². The van der Waals surface area contributed by atoms with Gasteiger partial charge in [-0.1, -0.05) is 22.9 Å². The van der Waals surface area contributed by atoms with Crippen LogP contribution >= 0.6 is 15.9 Å². The molecule has 0 radical (unpaired) electrons. The van der Waals surface area contributed by atoms with Crippen LogP contribution in [0.4, 0.5) is 4.79 Å². The minimum atomic E-state index is -0.456. The molecule has 0 bridgehead atoms. The molecule has 1 amide bonds. The first kappa shape index (κ1) is 18.7. The number of rotatable bonds is 7. The van der Waals surface area contributed by atoms with Gasteiger partial charge in [0.25, 0.3) is 0 Å². The topological polar surface area (TPSA) is 47.6 Å². The number of hydrogen-bond donors (Lipinski definition) is 1. The van der Waals surface area contributed by atoms with Crippen LogP contribution in [0.25, 0.3) is 0 Å². The van der Waals surface area contributed by atoms with Crippen molar-refractivity contribution >= 4 is 22.0 Å². The smallest absolute Gasteiger partial charge is 0.407 e. The van der Waals surface area contributed by atoms with E-state index in [0.29, 0.717) is 18.0 Å². The third-order valence-electron chi connectivity index (χ3n) is 2.40. The van der Waals surface area contributed by atoms with Crippen LogP contribution in [0.15, 0.2) is 0 Å². The summed E-state index contributed by atoms with van der Waals surface area (Å²) in [5.74, 6) is 0. The SMILES string of the molecule is CC(Br)CCOC(C)(C)CCNC(=O)OC(C)(C)C.